The Morgan fingerprint density at radius 3 is 0.795 bits per heavy atom. The first-order chi connectivity index (χ1) is 38.5. The Morgan fingerprint density at radius 2 is 0.500 bits per heavy atom. The van der Waals surface area contributed by atoms with Crippen LogP contribution < -0.4 is 0 Å². The second-order valence-electron chi connectivity index (χ2n) is 21.3. The number of ether oxygens (including phenoxy) is 3. The van der Waals surface area contributed by atoms with E-state index in [0.29, 0.717) is 19.3 Å². The molecule has 1 atom stereocenters. The largest absolute Gasteiger partial charge is 0.462 e. The van der Waals surface area contributed by atoms with E-state index in [2.05, 4.69) is 142 Å². The van der Waals surface area contributed by atoms with Crippen molar-refractivity contribution in [3.05, 3.63) is 122 Å². The maximum atomic E-state index is 12.9. The van der Waals surface area contributed by atoms with E-state index in [1.807, 2.05) is 0 Å². The average Bonchev–Trinajstić information content (AvgIpc) is 3.44. The van der Waals surface area contributed by atoms with Gasteiger partial charge in [0.25, 0.3) is 0 Å². The molecule has 0 aromatic rings. The van der Waals surface area contributed by atoms with Gasteiger partial charge in [0.2, 0.25) is 0 Å². The molecular formula is C72H120O6. The number of esters is 3. The molecule has 444 valence electrons. The number of rotatable bonds is 58. The van der Waals surface area contributed by atoms with E-state index in [4.69, 9.17) is 14.2 Å². The topological polar surface area (TPSA) is 78.9 Å². The highest BCUT2D eigenvalue weighted by molar-refractivity contribution is 5.71. The molecule has 6 nitrogen and oxygen atoms in total. The second kappa shape index (κ2) is 65.3. The van der Waals surface area contributed by atoms with Crippen molar-refractivity contribution in [1.29, 1.82) is 0 Å². The summed E-state index contributed by atoms with van der Waals surface area (Å²) in [5.41, 5.74) is 0. The van der Waals surface area contributed by atoms with Crippen LogP contribution in [0.3, 0.4) is 0 Å². The molecule has 0 N–H and O–H groups in total. The van der Waals surface area contributed by atoms with Gasteiger partial charge in [-0.15, -0.1) is 0 Å². The SMILES string of the molecule is CC/C=C\C/C=C\C/C=C\C/C=C\C/C=C\C/C=C\C/C=C\CCCCCC(=O)OCC(COC(=O)CCCCCCCCCCCCCCCC)OC(=O)CCCCCCCC/C=C\C/C=C\C/C=C\CCCCCCC. The summed E-state index contributed by atoms with van der Waals surface area (Å²) in [4.78, 5) is 38.3. The third kappa shape index (κ3) is 62.7. The first-order valence-corrected chi connectivity index (χ1v) is 32.5. The van der Waals surface area contributed by atoms with Crippen molar-refractivity contribution in [3.8, 4) is 0 Å². The minimum atomic E-state index is -0.802. The number of allylic oxidation sites excluding steroid dienone is 20. The van der Waals surface area contributed by atoms with Crippen LogP contribution in [0.5, 0.6) is 0 Å². The van der Waals surface area contributed by atoms with Gasteiger partial charge in [0, 0.05) is 19.3 Å². The standard InChI is InChI=1S/C72H120O6/c1-4-7-10-13-16-19-22-25-28-30-32-34-35-36-37-39-40-42-44-47-50-53-56-59-62-65-71(74)77-68-69(67-76-70(73)64-61-58-55-52-49-46-27-24-21-18-15-12-9-6-3)78-72(75)66-63-60-57-54-51-48-45-43-41-38-33-31-29-26-23-20-17-14-11-8-5-2/h7,10,16,19,23,25-26,28,31-34,36-37,40-43,47,50,69H,4-6,8-9,11-15,17-18,20-22,24,27,29-30,35,38-39,44-46,48-49,51-68H2,1-3H3/b10-7-,19-16-,26-23-,28-25-,33-31-,34-32-,37-36-,42-40-,43-41-,50-47-. The molecule has 78 heavy (non-hydrogen) atoms. The predicted octanol–water partition coefficient (Wildman–Crippen LogP) is 22.4. The third-order valence-corrected chi connectivity index (χ3v) is 13.7. The predicted molar refractivity (Wildman–Crippen MR) is 339 cm³/mol. The fraction of sp³-hybridized carbons (Fsp3) is 0.681. The smallest absolute Gasteiger partial charge is 0.306 e. The van der Waals surface area contributed by atoms with E-state index < -0.39 is 6.10 Å². The number of hydrogen-bond acceptors (Lipinski definition) is 6. The van der Waals surface area contributed by atoms with Gasteiger partial charge in [-0.1, -0.05) is 284 Å². The van der Waals surface area contributed by atoms with E-state index >= 15 is 0 Å². The molecule has 0 aliphatic rings. The van der Waals surface area contributed by atoms with Crippen LogP contribution in [-0.2, 0) is 28.6 Å². The maximum absolute atomic E-state index is 12.9. The fourth-order valence-corrected chi connectivity index (χ4v) is 8.84. The molecule has 0 heterocycles. The van der Waals surface area contributed by atoms with Crippen LogP contribution in [-0.4, -0.2) is 37.2 Å². The molecule has 0 aliphatic heterocycles. The molecule has 0 saturated carbocycles. The number of carbonyl (C=O) groups is 3. The summed E-state index contributed by atoms with van der Waals surface area (Å²) < 4.78 is 16.9. The Balaban J connectivity index is 4.46. The fourth-order valence-electron chi connectivity index (χ4n) is 8.84. The van der Waals surface area contributed by atoms with Crippen LogP contribution in [0.15, 0.2) is 122 Å². The number of unbranched alkanes of at least 4 members (excludes halogenated alkanes) is 27. The highest BCUT2D eigenvalue weighted by Crippen LogP contribution is 2.15. The zero-order chi connectivity index (χ0) is 56.4. The first kappa shape index (κ1) is 73.8. The van der Waals surface area contributed by atoms with Crippen LogP contribution in [0.1, 0.15) is 297 Å². The van der Waals surface area contributed by atoms with Gasteiger partial charge in [-0.3, -0.25) is 14.4 Å². The molecule has 0 radical (unpaired) electrons. The molecule has 0 bridgehead atoms. The third-order valence-electron chi connectivity index (χ3n) is 13.7. The summed E-state index contributed by atoms with van der Waals surface area (Å²) in [6.45, 7) is 6.49. The average molecular weight is 1080 g/mol. The molecule has 1 unspecified atom stereocenters. The van der Waals surface area contributed by atoms with E-state index in [1.165, 1.54) is 122 Å². The molecular weight excluding hydrogens is 961 g/mol. The monoisotopic (exact) mass is 1080 g/mol. The molecule has 6 heteroatoms. The van der Waals surface area contributed by atoms with Crippen LogP contribution in [0.4, 0.5) is 0 Å². The van der Waals surface area contributed by atoms with Crippen LogP contribution >= 0.6 is 0 Å². The molecule has 0 amide bonds. The van der Waals surface area contributed by atoms with Gasteiger partial charge >= 0.3 is 17.9 Å². The van der Waals surface area contributed by atoms with Crippen molar-refractivity contribution in [3.63, 3.8) is 0 Å². The van der Waals surface area contributed by atoms with Gasteiger partial charge in [-0.25, -0.2) is 0 Å². The zero-order valence-corrected chi connectivity index (χ0v) is 50.9. The van der Waals surface area contributed by atoms with Gasteiger partial charge in [-0.2, -0.15) is 0 Å². The van der Waals surface area contributed by atoms with Gasteiger partial charge < -0.3 is 14.2 Å². The summed E-state index contributed by atoms with van der Waals surface area (Å²) in [6.07, 6.45) is 90.5. The zero-order valence-electron chi connectivity index (χ0n) is 50.9. The number of carbonyl (C=O) groups excluding carboxylic acids is 3. The molecule has 0 rings (SSSR count). The molecule has 0 aromatic carbocycles. The highest BCUT2D eigenvalue weighted by atomic mass is 16.6. The summed E-state index contributed by atoms with van der Waals surface area (Å²) in [7, 11) is 0. The molecule has 0 aliphatic carbocycles. The van der Waals surface area contributed by atoms with Crippen LogP contribution in [0.25, 0.3) is 0 Å². The van der Waals surface area contributed by atoms with E-state index in [0.717, 1.165) is 135 Å². The highest BCUT2D eigenvalue weighted by Gasteiger charge is 2.19. The summed E-state index contributed by atoms with van der Waals surface area (Å²) in [5, 5.41) is 0. The quantitative estimate of drug-likeness (QED) is 0.0261. The summed E-state index contributed by atoms with van der Waals surface area (Å²) >= 11 is 0. The first-order valence-electron chi connectivity index (χ1n) is 32.5. The van der Waals surface area contributed by atoms with Gasteiger partial charge in [0.15, 0.2) is 6.10 Å². The van der Waals surface area contributed by atoms with Crippen LogP contribution in [0.2, 0.25) is 0 Å². The van der Waals surface area contributed by atoms with Crippen molar-refractivity contribution in [1.82, 2.24) is 0 Å². The Hall–Kier alpha value is -4.19. The normalized spacial score (nSPS) is 12.9. The van der Waals surface area contributed by atoms with Crippen LogP contribution in [0, 0.1) is 0 Å². The lowest BCUT2D eigenvalue weighted by Crippen LogP contribution is -2.30. The van der Waals surface area contributed by atoms with E-state index in [9.17, 15) is 14.4 Å². The minimum absolute atomic E-state index is 0.0945. The summed E-state index contributed by atoms with van der Waals surface area (Å²) in [5.74, 6) is -0.935. The Kier molecular flexibility index (Phi) is 61.8. The van der Waals surface area contributed by atoms with E-state index in [-0.39, 0.29) is 31.1 Å². The Labute approximate surface area is 482 Å². The lowest BCUT2D eigenvalue weighted by atomic mass is 10.0. The van der Waals surface area contributed by atoms with Gasteiger partial charge in [0.1, 0.15) is 13.2 Å². The van der Waals surface area contributed by atoms with Crippen molar-refractivity contribution in [2.75, 3.05) is 13.2 Å². The molecule has 0 spiro atoms. The molecule has 0 fully saturated rings. The van der Waals surface area contributed by atoms with Crippen molar-refractivity contribution < 1.29 is 28.6 Å². The summed E-state index contributed by atoms with van der Waals surface area (Å²) in [6, 6.07) is 0. The lowest BCUT2D eigenvalue weighted by Gasteiger charge is -2.18. The van der Waals surface area contributed by atoms with Crippen molar-refractivity contribution in [2.45, 2.75) is 303 Å². The minimum Gasteiger partial charge on any atom is -0.462 e. The van der Waals surface area contributed by atoms with E-state index in [1.54, 1.807) is 0 Å². The Morgan fingerprint density at radius 1 is 0.269 bits per heavy atom. The second-order valence-corrected chi connectivity index (χ2v) is 21.3. The van der Waals surface area contributed by atoms with Gasteiger partial charge in [0.05, 0.1) is 0 Å². The maximum Gasteiger partial charge on any atom is 0.306 e. The van der Waals surface area contributed by atoms with Crippen molar-refractivity contribution in [2.24, 2.45) is 0 Å². The molecule has 0 aromatic heterocycles. The lowest BCUT2D eigenvalue weighted by molar-refractivity contribution is -0.167. The Bertz CT molecular complexity index is 1620. The molecule has 0 saturated heterocycles. The van der Waals surface area contributed by atoms with Crippen molar-refractivity contribution >= 4 is 17.9 Å². The van der Waals surface area contributed by atoms with Gasteiger partial charge in [-0.05, 0) is 116 Å². The number of hydrogen-bond donors (Lipinski definition) is 0.